The first kappa shape index (κ1) is 10.2. The number of pyridine rings is 1. The average molecular weight is 232 g/mol. The van der Waals surface area contributed by atoms with E-state index in [4.69, 9.17) is 0 Å². The maximum Gasteiger partial charge on any atom is 0.114 e. The van der Waals surface area contributed by atoms with Gasteiger partial charge in [0.15, 0.2) is 0 Å². The number of nitrogens with zero attached hydrogens (tertiary/aromatic N) is 2. The molecule has 1 aliphatic heterocycles. The third kappa shape index (κ3) is 1.73. The third-order valence-corrected chi connectivity index (χ3v) is 4.65. The van der Waals surface area contributed by atoms with Gasteiger partial charge in [0.05, 0.1) is 11.7 Å². The smallest absolute Gasteiger partial charge is 0.114 e. The molecule has 0 aromatic carbocycles. The predicted octanol–water partition coefficient (Wildman–Crippen LogP) is 3.08. The fourth-order valence-corrected chi connectivity index (χ4v) is 3.71. The fourth-order valence-electron chi connectivity index (χ4n) is 2.44. The number of aryl methyl sites for hydroxylation is 1. The Morgan fingerprint density at radius 1 is 1.50 bits per heavy atom. The van der Waals surface area contributed by atoms with Crippen LogP contribution in [0.15, 0.2) is 24.4 Å². The normalized spacial score (nSPS) is 20.7. The van der Waals surface area contributed by atoms with Crippen molar-refractivity contribution in [2.75, 3.05) is 5.75 Å². The lowest BCUT2D eigenvalue weighted by molar-refractivity contribution is 0.739. The highest BCUT2D eigenvalue weighted by Gasteiger charge is 2.18. The lowest BCUT2D eigenvalue weighted by Crippen LogP contribution is -2.07. The maximum absolute atomic E-state index is 4.57. The van der Waals surface area contributed by atoms with E-state index in [1.54, 1.807) is 0 Å². The minimum absolute atomic E-state index is 0.783. The number of imidazole rings is 1. The van der Waals surface area contributed by atoms with E-state index in [1.807, 2.05) is 6.20 Å². The Labute approximate surface area is 100 Å². The first-order chi connectivity index (χ1) is 7.84. The summed E-state index contributed by atoms with van der Waals surface area (Å²) in [5.41, 5.74) is 2.51. The van der Waals surface area contributed by atoms with E-state index >= 15 is 0 Å². The van der Waals surface area contributed by atoms with Crippen LogP contribution in [0.4, 0.5) is 0 Å². The highest BCUT2D eigenvalue weighted by atomic mass is 32.2. The third-order valence-electron chi connectivity index (χ3n) is 3.25. The molecule has 0 N–H and O–H groups in total. The van der Waals surface area contributed by atoms with Crippen molar-refractivity contribution in [2.45, 2.75) is 31.4 Å². The monoisotopic (exact) mass is 232 g/mol. The molecule has 1 aliphatic rings. The van der Waals surface area contributed by atoms with Crippen LogP contribution in [0.3, 0.4) is 0 Å². The first-order valence-corrected chi connectivity index (χ1v) is 6.93. The molecule has 0 saturated carbocycles. The van der Waals surface area contributed by atoms with E-state index < -0.39 is 0 Å². The minimum atomic E-state index is 0.783. The molecule has 1 fully saturated rings. The number of thioether (sulfide) groups is 1. The highest BCUT2D eigenvalue weighted by Crippen LogP contribution is 2.29. The second-order valence-electron chi connectivity index (χ2n) is 4.44. The van der Waals surface area contributed by atoms with E-state index in [-0.39, 0.29) is 0 Å². The molecule has 84 valence electrons. The van der Waals surface area contributed by atoms with Gasteiger partial charge in [-0.2, -0.15) is 11.8 Å². The van der Waals surface area contributed by atoms with Gasteiger partial charge in [0.1, 0.15) is 5.82 Å². The largest absolute Gasteiger partial charge is 0.301 e. The zero-order chi connectivity index (χ0) is 11.0. The zero-order valence-electron chi connectivity index (χ0n) is 9.52. The van der Waals surface area contributed by atoms with Crippen molar-refractivity contribution in [2.24, 2.45) is 0 Å². The van der Waals surface area contributed by atoms with Crippen LogP contribution in [0.5, 0.6) is 0 Å². The number of rotatable bonds is 2. The molecule has 3 rings (SSSR count). The second-order valence-corrected chi connectivity index (χ2v) is 5.85. The Kier molecular flexibility index (Phi) is 2.64. The molecule has 0 radical (unpaired) electrons. The van der Waals surface area contributed by atoms with Gasteiger partial charge < -0.3 is 4.40 Å². The molecule has 3 heteroatoms. The van der Waals surface area contributed by atoms with Crippen molar-refractivity contribution in [3.63, 3.8) is 0 Å². The Balaban J connectivity index is 1.97. The summed E-state index contributed by atoms with van der Waals surface area (Å²) in [5.74, 6) is 2.56. The van der Waals surface area contributed by atoms with Crippen molar-refractivity contribution in [3.05, 3.63) is 35.9 Å². The van der Waals surface area contributed by atoms with Gasteiger partial charge in [-0.05, 0) is 37.7 Å². The van der Waals surface area contributed by atoms with Gasteiger partial charge in [0.2, 0.25) is 0 Å². The summed E-state index contributed by atoms with van der Waals surface area (Å²) in [7, 11) is 0. The van der Waals surface area contributed by atoms with Crippen molar-refractivity contribution in [1.82, 2.24) is 9.38 Å². The van der Waals surface area contributed by atoms with Gasteiger partial charge in [0.25, 0.3) is 0 Å². The van der Waals surface area contributed by atoms with Gasteiger partial charge in [0, 0.05) is 17.4 Å². The van der Waals surface area contributed by atoms with E-state index in [0.29, 0.717) is 0 Å². The Morgan fingerprint density at radius 3 is 3.25 bits per heavy atom. The first-order valence-electron chi connectivity index (χ1n) is 5.88. The van der Waals surface area contributed by atoms with Crippen molar-refractivity contribution in [3.8, 4) is 0 Å². The van der Waals surface area contributed by atoms with Crippen LogP contribution in [0, 0.1) is 6.92 Å². The lowest BCUT2D eigenvalue weighted by atomic mass is 10.2. The highest BCUT2D eigenvalue weighted by molar-refractivity contribution is 8.00. The van der Waals surface area contributed by atoms with Crippen molar-refractivity contribution >= 4 is 17.3 Å². The predicted molar refractivity (Wildman–Crippen MR) is 69.1 cm³/mol. The molecule has 0 amide bonds. The summed E-state index contributed by atoms with van der Waals surface area (Å²) >= 11 is 2.10. The summed E-state index contributed by atoms with van der Waals surface area (Å²) in [4.78, 5) is 4.57. The molecule has 2 aromatic heterocycles. The molecule has 0 bridgehead atoms. The molecule has 16 heavy (non-hydrogen) atoms. The molecule has 1 atom stereocenters. The molecular formula is C13H16N2S. The summed E-state index contributed by atoms with van der Waals surface area (Å²) in [5, 5.41) is 0.783. The maximum atomic E-state index is 4.57. The van der Waals surface area contributed by atoms with E-state index in [0.717, 1.165) is 11.7 Å². The van der Waals surface area contributed by atoms with E-state index in [9.17, 15) is 0 Å². The van der Waals surface area contributed by atoms with Crippen LogP contribution in [-0.2, 0) is 6.42 Å². The molecule has 2 nitrogen and oxygen atoms in total. The van der Waals surface area contributed by atoms with Crippen molar-refractivity contribution < 1.29 is 0 Å². The van der Waals surface area contributed by atoms with E-state index in [2.05, 4.69) is 46.3 Å². The molecule has 1 saturated heterocycles. The quantitative estimate of drug-likeness (QED) is 0.791. The van der Waals surface area contributed by atoms with Crippen LogP contribution >= 0.6 is 11.8 Å². The van der Waals surface area contributed by atoms with Crippen LogP contribution in [0.2, 0.25) is 0 Å². The average Bonchev–Trinajstić information content (AvgIpc) is 2.90. The lowest BCUT2D eigenvalue weighted by Gasteiger charge is -2.09. The Hall–Kier alpha value is -0.960. The number of hydrogen-bond donors (Lipinski definition) is 0. The fraction of sp³-hybridized carbons (Fsp3) is 0.462. The Morgan fingerprint density at radius 2 is 2.44 bits per heavy atom. The Bertz CT molecular complexity index is 498. The van der Waals surface area contributed by atoms with Gasteiger partial charge in [-0.3, -0.25) is 0 Å². The standard InChI is InChI=1S/C13H16N2S/c1-10-4-2-5-11-9-14-13(15(10)11)8-12-6-3-7-16-12/h2,4-5,9,12H,3,6-8H2,1H3. The van der Waals surface area contributed by atoms with Crippen molar-refractivity contribution in [1.29, 1.82) is 0 Å². The molecule has 3 heterocycles. The zero-order valence-corrected chi connectivity index (χ0v) is 10.3. The van der Waals surface area contributed by atoms with Crippen LogP contribution < -0.4 is 0 Å². The number of aromatic nitrogens is 2. The molecule has 1 unspecified atom stereocenters. The van der Waals surface area contributed by atoms with Gasteiger partial charge in [-0.15, -0.1) is 0 Å². The van der Waals surface area contributed by atoms with Crippen LogP contribution in [0.25, 0.3) is 5.52 Å². The molecule has 0 spiro atoms. The van der Waals surface area contributed by atoms with Crippen LogP contribution in [0.1, 0.15) is 24.4 Å². The van der Waals surface area contributed by atoms with E-state index in [1.165, 1.54) is 35.6 Å². The molecular weight excluding hydrogens is 216 g/mol. The topological polar surface area (TPSA) is 17.3 Å². The van der Waals surface area contributed by atoms with Gasteiger partial charge >= 0.3 is 0 Å². The SMILES string of the molecule is Cc1cccc2cnc(CC3CCCS3)n12. The number of fused-ring (bicyclic) bond motifs is 1. The molecule has 0 aliphatic carbocycles. The summed E-state index contributed by atoms with van der Waals surface area (Å²) in [6.45, 7) is 2.15. The summed E-state index contributed by atoms with van der Waals surface area (Å²) < 4.78 is 2.29. The van der Waals surface area contributed by atoms with Crippen LogP contribution in [-0.4, -0.2) is 20.4 Å². The summed E-state index contributed by atoms with van der Waals surface area (Å²) in [6.07, 6.45) is 5.83. The van der Waals surface area contributed by atoms with Gasteiger partial charge in [-0.25, -0.2) is 4.98 Å². The number of hydrogen-bond acceptors (Lipinski definition) is 2. The van der Waals surface area contributed by atoms with Gasteiger partial charge in [-0.1, -0.05) is 6.07 Å². The summed E-state index contributed by atoms with van der Waals surface area (Å²) in [6, 6.07) is 6.38. The second kappa shape index (κ2) is 4.13. The minimum Gasteiger partial charge on any atom is -0.301 e. The molecule has 2 aromatic rings.